The highest BCUT2D eigenvalue weighted by Crippen LogP contribution is 2.35. The summed E-state index contributed by atoms with van der Waals surface area (Å²) in [6, 6.07) is 7.65. The summed E-state index contributed by atoms with van der Waals surface area (Å²) in [7, 11) is 1.85. The van der Waals surface area contributed by atoms with Gasteiger partial charge in [-0.05, 0) is 24.6 Å². The zero-order valence-electron chi connectivity index (χ0n) is 13.1. The van der Waals surface area contributed by atoms with Gasteiger partial charge in [0.15, 0.2) is 0 Å². The number of amides is 1. The quantitative estimate of drug-likeness (QED) is 0.863. The highest BCUT2D eigenvalue weighted by Gasteiger charge is 2.28. The van der Waals surface area contributed by atoms with Crippen LogP contribution in [0.3, 0.4) is 0 Å². The van der Waals surface area contributed by atoms with Gasteiger partial charge in [-0.1, -0.05) is 48.0 Å². The zero-order chi connectivity index (χ0) is 16.4. The number of aromatic nitrogens is 2. The number of nitrogens with one attached hydrogen (secondary N) is 1. The highest BCUT2D eigenvalue weighted by molar-refractivity contribution is 6.30. The number of anilines is 1. The second-order valence-corrected chi connectivity index (χ2v) is 6.06. The van der Waals surface area contributed by atoms with Gasteiger partial charge >= 0.3 is 0 Å². The smallest absolute Gasteiger partial charge is 0.226 e. The minimum absolute atomic E-state index is 0.0248. The number of hydrogen-bond acceptors (Lipinski definition) is 2. The van der Waals surface area contributed by atoms with E-state index in [0.717, 1.165) is 27.7 Å². The average Bonchev–Trinajstić information content (AvgIpc) is 2.80. The van der Waals surface area contributed by atoms with Crippen molar-refractivity contribution in [3.8, 4) is 0 Å². The van der Waals surface area contributed by atoms with E-state index < -0.39 is 0 Å². The highest BCUT2D eigenvalue weighted by atomic mass is 35.5. The summed E-state index contributed by atoms with van der Waals surface area (Å²) in [5.41, 5.74) is 3.14. The van der Waals surface area contributed by atoms with E-state index in [2.05, 4.69) is 16.5 Å². The third kappa shape index (κ3) is 3.37. The lowest BCUT2D eigenvalue weighted by Gasteiger charge is -2.20. The number of fused-ring (bicyclic) bond motifs is 1. The molecule has 1 aromatic carbocycles. The molecule has 0 unspecified atom stereocenters. The molecule has 2 aromatic rings. The Morgan fingerprint density at radius 1 is 1.30 bits per heavy atom. The number of benzene rings is 1. The van der Waals surface area contributed by atoms with Gasteiger partial charge < -0.3 is 5.32 Å². The van der Waals surface area contributed by atoms with Crippen molar-refractivity contribution in [1.82, 2.24) is 9.78 Å². The van der Waals surface area contributed by atoms with Crippen LogP contribution in [0.15, 0.2) is 42.5 Å². The molecule has 0 bridgehead atoms. The zero-order valence-corrected chi connectivity index (χ0v) is 13.8. The van der Waals surface area contributed by atoms with Gasteiger partial charge in [0.25, 0.3) is 0 Å². The summed E-state index contributed by atoms with van der Waals surface area (Å²) in [6.45, 7) is 1.97. The predicted octanol–water partition coefficient (Wildman–Crippen LogP) is 4.08. The molecule has 1 aromatic heterocycles. The van der Waals surface area contributed by atoms with Gasteiger partial charge in [0.1, 0.15) is 5.82 Å². The first-order valence-electron chi connectivity index (χ1n) is 7.48. The molecule has 3 rings (SSSR count). The molecule has 0 saturated heterocycles. The Balaban J connectivity index is 1.78. The SMILES string of the molecule is Cc1nn(C)c2c1[C@H](/C=C/C=C/c1ccc(Cl)cc1)CC(=O)N2. The molecular formula is C18H18ClN3O. The van der Waals surface area contributed by atoms with Crippen LogP contribution < -0.4 is 5.32 Å². The van der Waals surface area contributed by atoms with Gasteiger partial charge in [0.05, 0.1) is 5.69 Å². The largest absolute Gasteiger partial charge is 0.311 e. The van der Waals surface area contributed by atoms with Gasteiger partial charge in [-0.2, -0.15) is 5.10 Å². The number of carbonyl (C=O) groups excluding carboxylic acids is 1. The normalized spacial score (nSPS) is 17.7. The van der Waals surface area contributed by atoms with Gasteiger partial charge in [0.2, 0.25) is 5.91 Å². The minimum atomic E-state index is 0.0248. The first-order valence-corrected chi connectivity index (χ1v) is 7.86. The summed E-state index contributed by atoms with van der Waals surface area (Å²) >= 11 is 5.87. The van der Waals surface area contributed by atoms with Gasteiger partial charge in [-0.3, -0.25) is 9.48 Å². The van der Waals surface area contributed by atoms with Crippen LogP contribution in [-0.2, 0) is 11.8 Å². The summed E-state index contributed by atoms with van der Waals surface area (Å²) in [6.07, 6.45) is 8.46. The van der Waals surface area contributed by atoms with E-state index >= 15 is 0 Å². The summed E-state index contributed by atoms with van der Waals surface area (Å²) in [4.78, 5) is 11.9. The molecule has 0 fully saturated rings. The Labute approximate surface area is 140 Å². The minimum Gasteiger partial charge on any atom is -0.311 e. The number of rotatable bonds is 3. The first-order chi connectivity index (χ1) is 11.0. The molecule has 1 aliphatic rings. The van der Waals surface area contributed by atoms with E-state index in [1.165, 1.54) is 0 Å². The summed E-state index contributed by atoms with van der Waals surface area (Å²) < 4.78 is 1.73. The monoisotopic (exact) mass is 327 g/mol. The number of hydrogen-bond donors (Lipinski definition) is 1. The molecule has 2 heterocycles. The number of allylic oxidation sites excluding steroid dienone is 3. The van der Waals surface area contributed by atoms with Gasteiger partial charge in [-0.15, -0.1) is 0 Å². The van der Waals surface area contributed by atoms with E-state index in [-0.39, 0.29) is 11.8 Å². The molecule has 0 spiro atoms. The van der Waals surface area contributed by atoms with Gasteiger partial charge in [-0.25, -0.2) is 0 Å². The molecule has 4 nitrogen and oxygen atoms in total. The molecule has 0 saturated carbocycles. The van der Waals surface area contributed by atoms with E-state index in [4.69, 9.17) is 11.6 Å². The van der Waals surface area contributed by atoms with Crippen LogP contribution >= 0.6 is 11.6 Å². The third-order valence-corrected chi connectivity index (χ3v) is 4.17. The first kappa shape index (κ1) is 15.6. The maximum absolute atomic E-state index is 11.9. The Bertz CT molecular complexity index is 787. The molecule has 1 N–H and O–H groups in total. The van der Waals surface area contributed by atoms with E-state index in [1.807, 2.05) is 56.5 Å². The fourth-order valence-electron chi connectivity index (χ4n) is 2.85. The molecule has 5 heteroatoms. The molecule has 0 radical (unpaired) electrons. The van der Waals surface area contributed by atoms with E-state index in [1.54, 1.807) is 4.68 Å². The van der Waals surface area contributed by atoms with Crippen molar-refractivity contribution >= 4 is 29.4 Å². The number of nitrogens with zero attached hydrogens (tertiary/aromatic N) is 2. The van der Waals surface area contributed by atoms with Crippen molar-refractivity contribution in [2.24, 2.45) is 7.05 Å². The molecule has 0 aliphatic carbocycles. The van der Waals surface area contributed by atoms with E-state index in [0.29, 0.717) is 6.42 Å². The standard InChI is InChI=1S/C18H18ClN3O/c1-12-17-14(11-16(23)20-18(17)22(2)21-12)6-4-3-5-13-7-9-15(19)10-8-13/h3-10,14H,11H2,1-2H3,(H,20,23)/b5-3+,6-4+/t14-/m1/s1. The summed E-state index contributed by atoms with van der Waals surface area (Å²) in [5, 5.41) is 8.02. The number of aryl methyl sites for hydroxylation is 2. The Morgan fingerprint density at radius 3 is 2.78 bits per heavy atom. The molecule has 1 aliphatic heterocycles. The lowest BCUT2D eigenvalue weighted by atomic mass is 9.91. The number of carbonyl (C=O) groups is 1. The van der Waals surface area contributed by atoms with Crippen molar-refractivity contribution in [3.63, 3.8) is 0 Å². The van der Waals surface area contributed by atoms with Crippen LogP contribution in [0.4, 0.5) is 5.82 Å². The molecule has 118 valence electrons. The molecule has 1 atom stereocenters. The lowest BCUT2D eigenvalue weighted by Crippen LogP contribution is -2.23. The second kappa shape index (κ2) is 6.42. The van der Waals surface area contributed by atoms with Crippen molar-refractivity contribution in [1.29, 1.82) is 0 Å². The molecular weight excluding hydrogens is 310 g/mol. The van der Waals surface area contributed by atoms with Crippen LogP contribution in [0, 0.1) is 6.92 Å². The van der Waals surface area contributed by atoms with Crippen molar-refractivity contribution < 1.29 is 4.79 Å². The van der Waals surface area contributed by atoms with Crippen molar-refractivity contribution in [2.75, 3.05) is 5.32 Å². The van der Waals surface area contributed by atoms with Crippen LogP contribution in [0.2, 0.25) is 5.02 Å². The predicted molar refractivity (Wildman–Crippen MR) is 93.6 cm³/mol. The summed E-state index contributed by atoms with van der Waals surface area (Å²) in [5.74, 6) is 0.884. The van der Waals surface area contributed by atoms with Crippen LogP contribution in [-0.4, -0.2) is 15.7 Å². The average molecular weight is 328 g/mol. The topological polar surface area (TPSA) is 46.9 Å². The van der Waals surface area contributed by atoms with Gasteiger partial charge in [0, 0.05) is 30.0 Å². The van der Waals surface area contributed by atoms with Crippen LogP contribution in [0.5, 0.6) is 0 Å². The molecule has 23 heavy (non-hydrogen) atoms. The Kier molecular flexibility index (Phi) is 4.35. The van der Waals surface area contributed by atoms with Crippen LogP contribution in [0.1, 0.15) is 29.2 Å². The number of halogens is 1. The van der Waals surface area contributed by atoms with Crippen molar-refractivity contribution in [3.05, 3.63) is 64.3 Å². The maximum atomic E-state index is 11.9. The van der Waals surface area contributed by atoms with Crippen molar-refractivity contribution in [2.45, 2.75) is 19.3 Å². The van der Waals surface area contributed by atoms with E-state index in [9.17, 15) is 4.79 Å². The Hall–Kier alpha value is -2.33. The fourth-order valence-corrected chi connectivity index (χ4v) is 2.98. The molecule has 1 amide bonds. The maximum Gasteiger partial charge on any atom is 0.226 e. The fraction of sp³-hybridized carbons (Fsp3) is 0.222. The lowest BCUT2D eigenvalue weighted by molar-refractivity contribution is -0.116. The Morgan fingerprint density at radius 2 is 2.04 bits per heavy atom. The van der Waals surface area contributed by atoms with Crippen LogP contribution in [0.25, 0.3) is 6.08 Å². The second-order valence-electron chi connectivity index (χ2n) is 5.63. The third-order valence-electron chi connectivity index (χ3n) is 3.92.